The molecule has 0 saturated carbocycles. The molecule has 3 heteroatoms. The Morgan fingerprint density at radius 3 is 2.81 bits per heavy atom. The Kier molecular flexibility index (Phi) is 6.19. The summed E-state index contributed by atoms with van der Waals surface area (Å²) < 4.78 is 11.0. The minimum atomic E-state index is 0.210. The van der Waals surface area contributed by atoms with E-state index in [4.69, 9.17) is 9.15 Å². The van der Waals surface area contributed by atoms with E-state index in [1.165, 1.54) is 0 Å². The third-order valence-electron chi connectivity index (χ3n) is 2.65. The third kappa shape index (κ3) is 4.37. The van der Waals surface area contributed by atoms with Crippen LogP contribution in [0.5, 0.6) is 0 Å². The van der Waals surface area contributed by atoms with Gasteiger partial charge in [0.1, 0.15) is 5.76 Å². The summed E-state index contributed by atoms with van der Waals surface area (Å²) in [5.41, 5.74) is 0. The zero-order valence-corrected chi connectivity index (χ0v) is 10.5. The molecule has 2 atom stereocenters. The highest BCUT2D eigenvalue weighted by Gasteiger charge is 2.18. The second-order valence-electron chi connectivity index (χ2n) is 4.00. The van der Waals surface area contributed by atoms with Gasteiger partial charge in [0.05, 0.1) is 12.4 Å². The highest BCUT2D eigenvalue weighted by molar-refractivity contribution is 5.01. The maximum atomic E-state index is 5.65. The third-order valence-corrected chi connectivity index (χ3v) is 2.65. The molecule has 2 unspecified atom stereocenters. The quantitative estimate of drug-likeness (QED) is 0.738. The first kappa shape index (κ1) is 13.3. The maximum Gasteiger partial charge on any atom is 0.105 e. The minimum Gasteiger partial charge on any atom is -0.469 e. The number of rotatable bonds is 8. The van der Waals surface area contributed by atoms with Crippen molar-refractivity contribution in [1.82, 2.24) is 5.32 Å². The Balaban J connectivity index is 2.49. The van der Waals surface area contributed by atoms with E-state index in [-0.39, 0.29) is 6.10 Å². The summed E-state index contributed by atoms with van der Waals surface area (Å²) >= 11 is 0. The molecule has 0 saturated heterocycles. The fourth-order valence-corrected chi connectivity index (χ4v) is 1.76. The van der Waals surface area contributed by atoms with Crippen molar-refractivity contribution in [3.63, 3.8) is 0 Å². The second-order valence-corrected chi connectivity index (χ2v) is 4.00. The van der Waals surface area contributed by atoms with Crippen LogP contribution in [0.1, 0.15) is 33.0 Å². The van der Waals surface area contributed by atoms with Crippen molar-refractivity contribution in [3.8, 4) is 0 Å². The van der Waals surface area contributed by atoms with Crippen molar-refractivity contribution in [3.05, 3.63) is 24.2 Å². The molecule has 0 amide bonds. The van der Waals surface area contributed by atoms with Gasteiger partial charge in [0.25, 0.3) is 0 Å². The summed E-state index contributed by atoms with van der Waals surface area (Å²) in [6, 6.07) is 4.27. The van der Waals surface area contributed by atoms with Crippen molar-refractivity contribution >= 4 is 0 Å². The van der Waals surface area contributed by atoms with Gasteiger partial charge in [-0.25, -0.2) is 0 Å². The van der Waals surface area contributed by atoms with Crippen LogP contribution < -0.4 is 5.32 Å². The fourth-order valence-electron chi connectivity index (χ4n) is 1.76. The number of furan rings is 1. The van der Waals surface area contributed by atoms with Crippen LogP contribution in [-0.4, -0.2) is 25.3 Å². The normalized spacial score (nSPS) is 14.9. The van der Waals surface area contributed by atoms with E-state index in [2.05, 4.69) is 19.2 Å². The van der Waals surface area contributed by atoms with E-state index in [0.29, 0.717) is 6.04 Å². The molecule has 0 spiro atoms. The first-order chi connectivity index (χ1) is 7.77. The van der Waals surface area contributed by atoms with Crippen molar-refractivity contribution in [2.24, 2.45) is 0 Å². The van der Waals surface area contributed by atoms with Crippen molar-refractivity contribution in [2.45, 2.75) is 45.8 Å². The molecule has 1 aromatic heterocycles. The van der Waals surface area contributed by atoms with Crippen LogP contribution in [0.4, 0.5) is 0 Å². The van der Waals surface area contributed by atoms with Gasteiger partial charge in [-0.15, -0.1) is 0 Å². The molecule has 3 nitrogen and oxygen atoms in total. The Labute approximate surface area is 98.2 Å². The van der Waals surface area contributed by atoms with Crippen LogP contribution in [0.15, 0.2) is 22.8 Å². The lowest BCUT2D eigenvalue weighted by molar-refractivity contribution is 0.0463. The predicted octanol–water partition coefficient (Wildman–Crippen LogP) is 2.62. The monoisotopic (exact) mass is 225 g/mol. The summed E-state index contributed by atoms with van der Waals surface area (Å²) in [4.78, 5) is 0. The lowest BCUT2D eigenvalue weighted by Gasteiger charge is -2.24. The van der Waals surface area contributed by atoms with Crippen LogP contribution >= 0.6 is 0 Å². The molecule has 0 aromatic carbocycles. The molecule has 92 valence electrons. The van der Waals surface area contributed by atoms with E-state index >= 15 is 0 Å². The van der Waals surface area contributed by atoms with Crippen LogP contribution in [0.2, 0.25) is 0 Å². The number of hydrogen-bond acceptors (Lipinski definition) is 3. The van der Waals surface area contributed by atoms with E-state index in [0.717, 1.165) is 31.8 Å². The van der Waals surface area contributed by atoms with Crippen LogP contribution in [0, 0.1) is 0 Å². The van der Waals surface area contributed by atoms with Crippen LogP contribution in [0.3, 0.4) is 0 Å². The van der Waals surface area contributed by atoms with Gasteiger partial charge in [-0.05, 0) is 38.9 Å². The molecular formula is C13H23NO2. The molecule has 0 bridgehead atoms. The lowest BCUT2D eigenvalue weighted by atomic mass is 10.1. The number of nitrogens with one attached hydrogen (secondary N) is 1. The number of hydrogen-bond donors (Lipinski definition) is 1. The molecule has 1 aromatic rings. The van der Waals surface area contributed by atoms with Gasteiger partial charge < -0.3 is 14.5 Å². The molecule has 0 fully saturated rings. The molecule has 0 aliphatic carbocycles. The van der Waals surface area contributed by atoms with E-state index in [9.17, 15) is 0 Å². The van der Waals surface area contributed by atoms with Crippen molar-refractivity contribution in [1.29, 1.82) is 0 Å². The average Bonchev–Trinajstić information content (AvgIpc) is 2.77. The van der Waals surface area contributed by atoms with E-state index in [1.54, 1.807) is 6.26 Å². The Bertz CT molecular complexity index is 259. The largest absolute Gasteiger partial charge is 0.469 e. The van der Waals surface area contributed by atoms with Crippen molar-refractivity contribution in [2.75, 3.05) is 13.2 Å². The molecule has 1 heterocycles. The molecule has 0 aliphatic rings. The van der Waals surface area contributed by atoms with Gasteiger partial charge in [0, 0.05) is 19.1 Å². The topological polar surface area (TPSA) is 34.4 Å². The van der Waals surface area contributed by atoms with Gasteiger partial charge >= 0.3 is 0 Å². The van der Waals surface area contributed by atoms with Gasteiger partial charge in [-0.1, -0.05) is 6.92 Å². The smallest absolute Gasteiger partial charge is 0.105 e. The first-order valence-corrected chi connectivity index (χ1v) is 6.15. The first-order valence-electron chi connectivity index (χ1n) is 6.15. The summed E-state index contributed by atoms with van der Waals surface area (Å²) in [6.07, 6.45) is 3.95. The average molecular weight is 225 g/mol. The summed E-state index contributed by atoms with van der Waals surface area (Å²) in [6.45, 7) is 8.08. The van der Waals surface area contributed by atoms with Crippen LogP contribution in [-0.2, 0) is 11.2 Å². The minimum absolute atomic E-state index is 0.210. The zero-order valence-electron chi connectivity index (χ0n) is 10.5. The molecule has 1 rings (SSSR count). The van der Waals surface area contributed by atoms with E-state index < -0.39 is 0 Å². The zero-order chi connectivity index (χ0) is 11.8. The Morgan fingerprint density at radius 2 is 2.25 bits per heavy atom. The molecule has 0 aliphatic heterocycles. The standard InChI is InChI=1S/C13H23NO2/c1-4-8-14-13(11(3)15-5-2)10-12-7-6-9-16-12/h6-7,9,11,13-14H,4-5,8,10H2,1-3H3. The lowest BCUT2D eigenvalue weighted by Crippen LogP contribution is -2.41. The highest BCUT2D eigenvalue weighted by atomic mass is 16.5. The Morgan fingerprint density at radius 1 is 1.44 bits per heavy atom. The summed E-state index contributed by atoms with van der Waals surface area (Å²) in [5, 5.41) is 3.51. The molecular weight excluding hydrogens is 202 g/mol. The molecule has 0 radical (unpaired) electrons. The second kappa shape index (κ2) is 7.47. The van der Waals surface area contributed by atoms with Crippen LogP contribution in [0.25, 0.3) is 0 Å². The molecule has 16 heavy (non-hydrogen) atoms. The van der Waals surface area contributed by atoms with Gasteiger partial charge in [0.2, 0.25) is 0 Å². The van der Waals surface area contributed by atoms with Gasteiger partial charge in [0.15, 0.2) is 0 Å². The highest BCUT2D eigenvalue weighted by Crippen LogP contribution is 2.09. The van der Waals surface area contributed by atoms with Gasteiger partial charge in [-0.2, -0.15) is 0 Å². The summed E-state index contributed by atoms with van der Waals surface area (Å²) in [7, 11) is 0. The maximum absolute atomic E-state index is 5.65. The van der Waals surface area contributed by atoms with E-state index in [1.807, 2.05) is 19.1 Å². The predicted molar refractivity (Wildman–Crippen MR) is 65.6 cm³/mol. The Hall–Kier alpha value is -0.800. The SMILES string of the molecule is CCCNC(Cc1ccco1)C(C)OCC. The number of ether oxygens (including phenoxy) is 1. The fraction of sp³-hybridized carbons (Fsp3) is 0.692. The van der Waals surface area contributed by atoms with Gasteiger partial charge in [-0.3, -0.25) is 0 Å². The molecule has 1 N–H and O–H groups in total. The van der Waals surface area contributed by atoms with Crippen molar-refractivity contribution < 1.29 is 9.15 Å². The summed E-state index contributed by atoms with van der Waals surface area (Å²) in [5.74, 6) is 1.01.